The second kappa shape index (κ2) is 8.08. The van der Waals surface area contributed by atoms with E-state index in [0.29, 0.717) is 28.4 Å². The second-order valence-electron chi connectivity index (χ2n) is 5.03. The Morgan fingerprint density at radius 3 is 2.70 bits per heavy atom. The first-order chi connectivity index (χ1) is 9.72. The number of piperidine rings is 1. The van der Waals surface area contributed by atoms with Crippen LogP contribution in [-0.2, 0) is 0 Å². The lowest BCUT2D eigenvalue weighted by molar-refractivity contribution is 0.145. The van der Waals surface area contributed by atoms with Gasteiger partial charge in [-0.2, -0.15) is 0 Å². The Morgan fingerprint density at radius 1 is 1.35 bits per heavy atom. The van der Waals surface area contributed by atoms with Gasteiger partial charge in [0.25, 0.3) is 0 Å². The molecule has 112 valence electrons. The Balaban J connectivity index is 1.84. The number of hydrogen-bond acceptors (Lipinski definition) is 3. The SMILES string of the molecule is CCN(CCOc1c(Cl)cccc1Cl)C1CCCNC1. The number of halogens is 2. The van der Waals surface area contributed by atoms with Crippen LogP contribution in [0, 0.1) is 0 Å². The van der Waals surface area contributed by atoms with Crippen molar-refractivity contribution in [1.82, 2.24) is 10.2 Å². The second-order valence-corrected chi connectivity index (χ2v) is 5.84. The largest absolute Gasteiger partial charge is 0.489 e. The lowest BCUT2D eigenvalue weighted by Crippen LogP contribution is -2.47. The van der Waals surface area contributed by atoms with Crippen LogP contribution in [0.3, 0.4) is 0 Å². The van der Waals surface area contributed by atoms with E-state index >= 15 is 0 Å². The van der Waals surface area contributed by atoms with E-state index in [2.05, 4.69) is 17.1 Å². The fourth-order valence-electron chi connectivity index (χ4n) is 2.63. The highest BCUT2D eigenvalue weighted by molar-refractivity contribution is 6.37. The molecule has 0 saturated carbocycles. The molecular weight excluding hydrogens is 295 g/mol. The lowest BCUT2D eigenvalue weighted by atomic mass is 10.1. The van der Waals surface area contributed by atoms with E-state index in [1.807, 2.05) is 6.07 Å². The van der Waals surface area contributed by atoms with Crippen molar-refractivity contribution >= 4 is 23.2 Å². The van der Waals surface area contributed by atoms with Gasteiger partial charge in [0.15, 0.2) is 5.75 Å². The van der Waals surface area contributed by atoms with Gasteiger partial charge in [0, 0.05) is 19.1 Å². The van der Waals surface area contributed by atoms with Crippen LogP contribution in [0.4, 0.5) is 0 Å². The summed E-state index contributed by atoms with van der Waals surface area (Å²) in [5.41, 5.74) is 0. The number of nitrogens with zero attached hydrogens (tertiary/aromatic N) is 1. The van der Waals surface area contributed by atoms with Crippen LogP contribution < -0.4 is 10.1 Å². The van der Waals surface area contributed by atoms with Gasteiger partial charge >= 0.3 is 0 Å². The van der Waals surface area contributed by atoms with Gasteiger partial charge in [-0.1, -0.05) is 36.2 Å². The highest BCUT2D eigenvalue weighted by atomic mass is 35.5. The van der Waals surface area contributed by atoms with Crippen LogP contribution >= 0.6 is 23.2 Å². The molecule has 0 bridgehead atoms. The van der Waals surface area contributed by atoms with Gasteiger partial charge in [-0.05, 0) is 38.1 Å². The van der Waals surface area contributed by atoms with Gasteiger partial charge in [0.2, 0.25) is 0 Å². The van der Waals surface area contributed by atoms with Crippen molar-refractivity contribution in [1.29, 1.82) is 0 Å². The van der Waals surface area contributed by atoms with Gasteiger partial charge in [-0.25, -0.2) is 0 Å². The highest BCUT2D eigenvalue weighted by Gasteiger charge is 2.19. The summed E-state index contributed by atoms with van der Waals surface area (Å²) in [5, 5.41) is 4.59. The fourth-order valence-corrected chi connectivity index (χ4v) is 3.14. The summed E-state index contributed by atoms with van der Waals surface area (Å²) in [6, 6.07) is 6.03. The third-order valence-corrected chi connectivity index (χ3v) is 4.33. The summed E-state index contributed by atoms with van der Waals surface area (Å²) in [7, 11) is 0. The molecule has 1 aliphatic heterocycles. The van der Waals surface area contributed by atoms with E-state index in [4.69, 9.17) is 27.9 Å². The average molecular weight is 317 g/mol. The number of para-hydroxylation sites is 1. The maximum absolute atomic E-state index is 6.09. The Morgan fingerprint density at radius 2 is 2.10 bits per heavy atom. The minimum atomic E-state index is 0.569. The highest BCUT2D eigenvalue weighted by Crippen LogP contribution is 2.32. The topological polar surface area (TPSA) is 24.5 Å². The summed E-state index contributed by atoms with van der Waals surface area (Å²) in [6.07, 6.45) is 2.51. The molecule has 5 heteroatoms. The van der Waals surface area contributed by atoms with Crippen molar-refractivity contribution in [3.8, 4) is 5.75 Å². The van der Waals surface area contributed by atoms with E-state index in [1.165, 1.54) is 12.8 Å². The standard InChI is InChI=1S/C15H22Cl2N2O/c1-2-19(12-5-4-8-18-11-12)9-10-20-15-13(16)6-3-7-14(15)17/h3,6-7,12,18H,2,4-5,8-11H2,1H3. The van der Waals surface area contributed by atoms with E-state index in [0.717, 1.165) is 26.2 Å². The molecule has 0 radical (unpaired) electrons. The zero-order chi connectivity index (χ0) is 14.4. The van der Waals surface area contributed by atoms with Gasteiger partial charge in [-0.3, -0.25) is 4.90 Å². The average Bonchev–Trinajstić information content (AvgIpc) is 2.47. The van der Waals surface area contributed by atoms with Gasteiger partial charge in [0.1, 0.15) is 6.61 Å². The Labute approximate surface area is 131 Å². The molecule has 1 heterocycles. The summed E-state index contributed by atoms with van der Waals surface area (Å²) in [6.45, 7) is 6.93. The van der Waals surface area contributed by atoms with Gasteiger partial charge in [0.05, 0.1) is 10.0 Å². The molecule has 1 fully saturated rings. The molecular formula is C15H22Cl2N2O. The smallest absolute Gasteiger partial charge is 0.156 e. The Bertz CT molecular complexity index is 402. The van der Waals surface area contributed by atoms with Crippen molar-refractivity contribution in [3.63, 3.8) is 0 Å². The van der Waals surface area contributed by atoms with Crippen LogP contribution in [0.15, 0.2) is 18.2 Å². The van der Waals surface area contributed by atoms with Crippen LogP contribution in [-0.4, -0.2) is 43.7 Å². The molecule has 1 aromatic rings. The van der Waals surface area contributed by atoms with Crippen LogP contribution in [0.2, 0.25) is 10.0 Å². The molecule has 1 N–H and O–H groups in total. The number of likely N-dealkylation sites (N-methyl/N-ethyl adjacent to an activating group) is 1. The predicted molar refractivity (Wildman–Crippen MR) is 85.1 cm³/mol. The van der Waals surface area contributed by atoms with Crippen molar-refractivity contribution in [2.45, 2.75) is 25.8 Å². The Hall–Kier alpha value is -0.480. The monoisotopic (exact) mass is 316 g/mol. The van der Waals surface area contributed by atoms with E-state index in [9.17, 15) is 0 Å². The van der Waals surface area contributed by atoms with Crippen LogP contribution in [0.1, 0.15) is 19.8 Å². The van der Waals surface area contributed by atoms with E-state index < -0.39 is 0 Å². The minimum Gasteiger partial charge on any atom is -0.489 e. The predicted octanol–water partition coefficient (Wildman–Crippen LogP) is 3.45. The molecule has 3 nitrogen and oxygen atoms in total. The molecule has 0 spiro atoms. The quantitative estimate of drug-likeness (QED) is 0.870. The number of rotatable bonds is 6. The fraction of sp³-hybridized carbons (Fsp3) is 0.600. The van der Waals surface area contributed by atoms with Crippen molar-refractivity contribution in [3.05, 3.63) is 28.2 Å². The molecule has 1 aliphatic rings. The maximum atomic E-state index is 6.09. The normalized spacial score (nSPS) is 19.3. The summed E-state index contributed by atoms with van der Waals surface area (Å²) < 4.78 is 5.76. The Kier molecular flexibility index (Phi) is 6.43. The molecule has 1 aromatic carbocycles. The molecule has 20 heavy (non-hydrogen) atoms. The first kappa shape index (κ1) is 15.9. The lowest BCUT2D eigenvalue weighted by Gasteiger charge is -2.33. The molecule has 0 aromatic heterocycles. The number of benzene rings is 1. The summed E-state index contributed by atoms with van der Waals surface area (Å²) in [5.74, 6) is 0.591. The zero-order valence-electron chi connectivity index (χ0n) is 11.9. The third kappa shape index (κ3) is 4.26. The maximum Gasteiger partial charge on any atom is 0.156 e. The van der Waals surface area contributed by atoms with Gasteiger partial charge < -0.3 is 10.1 Å². The molecule has 1 saturated heterocycles. The molecule has 0 amide bonds. The summed E-state index contributed by atoms with van der Waals surface area (Å²) >= 11 is 12.2. The number of hydrogen-bond donors (Lipinski definition) is 1. The molecule has 0 aliphatic carbocycles. The van der Waals surface area contributed by atoms with Crippen molar-refractivity contribution < 1.29 is 4.74 Å². The summed E-state index contributed by atoms with van der Waals surface area (Å²) in [4.78, 5) is 2.46. The van der Waals surface area contributed by atoms with Crippen molar-refractivity contribution in [2.75, 3.05) is 32.8 Å². The van der Waals surface area contributed by atoms with E-state index in [1.54, 1.807) is 12.1 Å². The number of ether oxygens (including phenoxy) is 1. The molecule has 1 unspecified atom stereocenters. The first-order valence-electron chi connectivity index (χ1n) is 7.24. The van der Waals surface area contributed by atoms with Gasteiger partial charge in [-0.15, -0.1) is 0 Å². The molecule has 2 rings (SSSR count). The zero-order valence-corrected chi connectivity index (χ0v) is 13.4. The van der Waals surface area contributed by atoms with Crippen LogP contribution in [0.5, 0.6) is 5.75 Å². The van der Waals surface area contributed by atoms with Crippen molar-refractivity contribution in [2.24, 2.45) is 0 Å². The van der Waals surface area contributed by atoms with Crippen LogP contribution in [0.25, 0.3) is 0 Å². The first-order valence-corrected chi connectivity index (χ1v) is 7.99. The third-order valence-electron chi connectivity index (χ3n) is 3.74. The van der Waals surface area contributed by atoms with E-state index in [-0.39, 0.29) is 0 Å². The molecule has 1 atom stereocenters. The minimum absolute atomic E-state index is 0.569. The number of nitrogens with one attached hydrogen (secondary N) is 1.